The van der Waals surface area contributed by atoms with Crippen molar-refractivity contribution in [2.75, 3.05) is 17.2 Å². The molecule has 0 heterocycles. The Morgan fingerprint density at radius 2 is 1.88 bits per heavy atom. The Morgan fingerprint density at radius 3 is 2.58 bits per heavy atom. The molecule has 24 heavy (non-hydrogen) atoms. The van der Waals surface area contributed by atoms with Gasteiger partial charge in [-0.3, -0.25) is 4.79 Å². The van der Waals surface area contributed by atoms with Crippen LogP contribution in [-0.4, -0.2) is 17.6 Å². The minimum atomic E-state index is -0.187. The van der Waals surface area contributed by atoms with Crippen LogP contribution in [-0.2, 0) is 0 Å². The summed E-state index contributed by atoms with van der Waals surface area (Å²) in [6.07, 6.45) is 1.71. The van der Waals surface area contributed by atoms with Crippen molar-refractivity contribution in [1.29, 1.82) is 0 Å². The number of aryl methyl sites for hydroxylation is 2. The highest BCUT2D eigenvalue weighted by Crippen LogP contribution is 2.19. The van der Waals surface area contributed by atoms with E-state index < -0.39 is 0 Å². The van der Waals surface area contributed by atoms with Crippen LogP contribution in [0.15, 0.2) is 55.1 Å². The van der Waals surface area contributed by atoms with Crippen LogP contribution in [0.4, 0.5) is 11.4 Å². The molecule has 0 radical (unpaired) electrons. The Bertz CT molecular complexity index is 771. The van der Waals surface area contributed by atoms with Gasteiger partial charge in [-0.15, -0.1) is 6.58 Å². The average Bonchev–Trinajstić information content (AvgIpc) is 2.56. The first kappa shape index (κ1) is 17.7. The van der Waals surface area contributed by atoms with Crippen LogP contribution in [0.5, 0.6) is 0 Å². The molecule has 2 aromatic carbocycles. The first-order valence-electron chi connectivity index (χ1n) is 7.64. The zero-order valence-corrected chi connectivity index (χ0v) is 14.7. The second-order valence-corrected chi connectivity index (χ2v) is 5.83. The van der Waals surface area contributed by atoms with E-state index in [1.807, 2.05) is 50.2 Å². The van der Waals surface area contributed by atoms with Crippen molar-refractivity contribution in [1.82, 2.24) is 5.32 Å². The Labute approximate surface area is 148 Å². The molecule has 2 rings (SSSR count). The minimum absolute atomic E-state index is 0.187. The number of thiocarbonyl (C=S) groups is 1. The van der Waals surface area contributed by atoms with Gasteiger partial charge in [0.1, 0.15) is 0 Å². The molecule has 1 amide bonds. The van der Waals surface area contributed by atoms with Crippen LogP contribution in [0.1, 0.15) is 21.5 Å². The number of nitrogens with one attached hydrogen (secondary N) is 3. The van der Waals surface area contributed by atoms with Crippen LogP contribution >= 0.6 is 12.2 Å². The molecular formula is C19H21N3OS. The lowest BCUT2D eigenvalue weighted by Gasteiger charge is -2.14. The van der Waals surface area contributed by atoms with E-state index in [1.54, 1.807) is 12.1 Å². The van der Waals surface area contributed by atoms with Crippen molar-refractivity contribution in [2.24, 2.45) is 0 Å². The van der Waals surface area contributed by atoms with Gasteiger partial charge in [-0.2, -0.15) is 0 Å². The molecule has 0 saturated heterocycles. The van der Waals surface area contributed by atoms with Crippen molar-refractivity contribution >= 4 is 34.6 Å². The van der Waals surface area contributed by atoms with Gasteiger partial charge < -0.3 is 16.0 Å². The summed E-state index contributed by atoms with van der Waals surface area (Å²) in [6, 6.07) is 13.1. The third-order valence-electron chi connectivity index (χ3n) is 3.59. The Balaban J connectivity index is 2.15. The molecule has 0 saturated carbocycles. The lowest BCUT2D eigenvalue weighted by Crippen LogP contribution is -2.29. The standard InChI is InChI=1S/C19H21N3OS/c1-4-11-20-19(24)22-17-8-6-5-7-16(17)18(23)21-15-10-9-13(2)14(3)12-15/h4-10,12H,1,11H2,2-3H3,(H,21,23)(H2,20,22,24). The molecule has 2 aromatic rings. The summed E-state index contributed by atoms with van der Waals surface area (Å²) in [5.41, 5.74) is 4.27. The fourth-order valence-corrected chi connectivity index (χ4v) is 2.33. The third-order valence-corrected chi connectivity index (χ3v) is 3.84. The van der Waals surface area contributed by atoms with E-state index in [0.717, 1.165) is 11.3 Å². The number of carbonyl (C=O) groups excluding carboxylic acids is 1. The molecule has 0 spiro atoms. The van der Waals surface area contributed by atoms with E-state index in [0.29, 0.717) is 22.9 Å². The molecule has 0 fully saturated rings. The number of rotatable bonds is 5. The molecule has 0 aliphatic carbocycles. The highest BCUT2D eigenvalue weighted by Gasteiger charge is 2.12. The summed E-state index contributed by atoms with van der Waals surface area (Å²) in [4.78, 5) is 12.6. The van der Waals surface area contributed by atoms with Gasteiger partial charge in [0.15, 0.2) is 5.11 Å². The van der Waals surface area contributed by atoms with Gasteiger partial charge >= 0.3 is 0 Å². The normalized spacial score (nSPS) is 9.92. The van der Waals surface area contributed by atoms with Crippen molar-refractivity contribution in [3.05, 3.63) is 71.8 Å². The fourth-order valence-electron chi connectivity index (χ4n) is 2.14. The maximum atomic E-state index is 12.6. The molecule has 0 aliphatic rings. The van der Waals surface area contributed by atoms with Gasteiger partial charge in [-0.1, -0.05) is 24.3 Å². The number of anilines is 2. The SMILES string of the molecule is C=CCNC(=S)Nc1ccccc1C(=O)Nc1ccc(C)c(C)c1. The van der Waals surface area contributed by atoms with Crippen molar-refractivity contribution in [2.45, 2.75) is 13.8 Å². The van der Waals surface area contributed by atoms with E-state index in [9.17, 15) is 4.79 Å². The van der Waals surface area contributed by atoms with Gasteiger partial charge in [-0.05, 0) is 61.5 Å². The molecule has 3 N–H and O–H groups in total. The van der Waals surface area contributed by atoms with Gasteiger partial charge in [0.05, 0.1) is 11.3 Å². The second-order valence-electron chi connectivity index (χ2n) is 5.42. The predicted molar refractivity (Wildman–Crippen MR) is 105 cm³/mol. The third kappa shape index (κ3) is 4.67. The highest BCUT2D eigenvalue weighted by molar-refractivity contribution is 7.80. The zero-order chi connectivity index (χ0) is 17.5. The largest absolute Gasteiger partial charge is 0.359 e. The minimum Gasteiger partial charge on any atom is -0.359 e. The second kappa shape index (κ2) is 8.26. The number of hydrogen-bond acceptors (Lipinski definition) is 2. The number of carbonyl (C=O) groups is 1. The summed E-state index contributed by atoms with van der Waals surface area (Å²) in [7, 11) is 0. The maximum absolute atomic E-state index is 12.6. The molecule has 0 aromatic heterocycles. The lowest BCUT2D eigenvalue weighted by atomic mass is 10.1. The Morgan fingerprint density at radius 1 is 1.12 bits per heavy atom. The molecule has 5 heteroatoms. The van der Waals surface area contributed by atoms with Crippen LogP contribution in [0.2, 0.25) is 0 Å². The molecular weight excluding hydrogens is 318 g/mol. The fraction of sp³-hybridized carbons (Fsp3) is 0.158. The average molecular weight is 339 g/mol. The van der Waals surface area contributed by atoms with Crippen molar-refractivity contribution in [3.63, 3.8) is 0 Å². The van der Waals surface area contributed by atoms with Gasteiger partial charge in [0.2, 0.25) is 0 Å². The molecule has 124 valence electrons. The van der Waals surface area contributed by atoms with E-state index >= 15 is 0 Å². The molecule has 0 atom stereocenters. The molecule has 4 nitrogen and oxygen atoms in total. The summed E-state index contributed by atoms with van der Waals surface area (Å²) in [6.45, 7) is 8.25. The van der Waals surface area contributed by atoms with Gasteiger partial charge in [0.25, 0.3) is 5.91 Å². The van der Waals surface area contributed by atoms with E-state index in [-0.39, 0.29) is 5.91 Å². The predicted octanol–water partition coefficient (Wildman–Crippen LogP) is 4.03. The van der Waals surface area contributed by atoms with E-state index in [1.165, 1.54) is 5.56 Å². The van der Waals surface area contributed by atoms with Crippen LogP contribution < -0.4 is 16.0 Å². The lowest BCUT2D eigenvalue weighted by molar-refractivity contribution is 0.102. The van der Waals surface area contributed by atoms with Crippen molar-refractivity contribution in [3.8, 4) is 0 Å². The summed E-state index contributed by atoms with van der Waals surface area (Å²) in [5.74, 6) is -0.187. The van der Waals surface area contributed by atoms with Crippen LogP contribution in [0.25, 0.3) is 0 Å². The summed E-state index contributed by atoms with van der Waals surface area (Å²) >= 11 is 5.21. The van der Waals surface area contributed by atoms with E-state index in [4.69, 9.17) is 12.2 Å². The highest BCUT2D eigenvalue weighted by atomic mass is 32.1. The summed E-state index contributed by atoms with van der Waals surface area (Å²) in [5, 5.41) is 9.40. The maximum Gasteiger partial charge on any atom is 0.257 e. The molecule has 0 unspecified atom stereocenters. The van der Waals surface area contributed by atoms with Crippen molar-refractivity contribution < 1.29 is 4.79 Å². The van der Waals surface area contributed by atoms with Crippen LogP contribution in [0.3, 0.4) is 0 Å². The zero-order valence-electron chi connectivity index (χ0n) is 13.8. The number of benzene rings is 2. The smallest absolute Gasteiger partial charge is 0.257 e. The Kier molecular flexibility index (Phi) is 6.09. The first-order valence-corrected chi connectivity index (χ1v) is 8.05. The topological polar surface area (TPSA) is 53.2 Å². The number of para-hydroxylation sites is 1. The number of amides is 1. The first-order chi connectivity index (χ1) is 11.5. The van der Waals surface area contributed by atoms with Gasteiger partial charge in [-0.25, -0.2) is 0 Å². The molecule has 0 aliphatic heterocycles. The monoisotopic (exact) mass is 339 g/mol. The van der Waals surface area contributed by atoms with Gasteiger partial charge in [0, 0.05) is 12.2 Å². The number of hydrogen-bond donors (Lipinski definition) is 3. The molecule has 0 bridgehead atoms. The summed E-state index contributed by atoms with van der Waals surface area (Å²) < 4.78 is 0. The van der Waals surface area contributed by atoms with Crippen LogP contribution in [0, 0.1) is 13.8 Å². The quantitative estimate of drug-likeness (QED) is 0.569. The van der Waals surface area contributed by atoms with E-state index in [2.05, 4.69) is 22.5 Å². The Hall–Kier alpha value is -2.66.